The van der Waals surface area contributed by atoms with Crippen LogP contribution in [-0.2, 0) is 65.4 Å². The molecule has 0 aromatic heterocycles. The Morgan fingerprint density at radius 1 is 0.260 bits per heavy atom. The van der Waals surface area contributed by atoms with Crippen molar-refractivity contribution in [3.8, 4) is 0 Å². The molecule has 378 valence electrons. The summed E-state index contributed by atoms with van der Waals surface area (Å²) in [6.07, 6.45) is 9.63. The molecular weight excluding hydrogens is 1050 g/mol. The van der Waals surface area contributed by atoms with Crippen LogP contribution in [0.2, 0.25) is 0 Å². The van der Waals surface area contributed by atoms with E-state index in [1.54, 1.807) is 0 Å². The Kier molecular flexibility index (Phi) is 20.0. The van der Waals surface area contributed by atoms with Gasteiger partial charge in [0.15, 0.2) is 0 Å². The molecule has 0 radical (unpaired) electrons. The third-order valence-electron chi connectivity index (χ3n) is 14.8. The molecule has 0 nitrogen and oxygen atoms in total. The molecular formula is C72H61Cl3SiTi. The SMILES string of the molecule is [Cl-].[Cl-].[Cl-].[Ti+3][C]1=C(Cc2ccccc2)C([Si](c2cc(Cc3ccccc3)cc(Cc3ccccc3)c2)(c2cc(Cc3ccccc3)cc(Cc3ccccc3)c2)c2cc(Cc3ccccc3)cc(Cc3ccccc3)c2)=CC1. The first-order valence-corrected chi connectivity index (χ1v) is 29.1. The maximum absolute atomic E-state index is 3.34. The Morgan fingerprint density at radius 2 is 0.468 bits per heavy atom. The van der Waals surface area contributed by atoms with Gasteiger partial charge < -0.3 is 37.2 Å². The molecule has 0 unspecified atom stereocenters. The van der Waals surface area contributed by atoms with Crippen LogP contribution in [-0.4, -0.2) is 8.07 Å². The van der Waals surface area contributed by atoms with Gasteiger partial charge in [-0.2, -0.15) is 0 Å². The molecule has 0 spiro atoms. The van der Waals surface area contributed by atoms with Gasteiger partial charge in [-0.25, -0.2) is 0 Å². The number of halogens is 3. The molecule has 0 fully saturated rings. The van der Waals surface area contributed by atoms with E-state index in [1.165, 1.54) is 103 Å². The van der Waals surface area contributed by atoms with Gasteiger partial charge >= 0.3 is 455 Å². The second-order valence-corrected chi connectivity index (χ2v) is 25.0. The van der Waals surface area contributed by atoms with Gasteiger partial charge in [0.1, 0.15) is 0 Å². The van der Waals surface area contributed by atoms with Crippen LogP contribution in [0.15, 0.2) is 288 Å². The van der Waals surface area contributed by atoms with Crippen LogP contribution < -0.4 is 52.8 Å². The predicted octanol–water partition coefficient (Wildman–Crippen LogP) is 5.63. The van der Waals surface area contributed by atoms with Gasteiger partial charge in [0.2, 0.25) is 0 Å². The minimum absolute atomic E-state index is 0. The van der Waals surface area contributed by atoms with Crippen molar-refractivity contribution in [2.45, 2.75) is 51.4 Å². The summed E-state index contributed by atoms with van der Waals surface area (Å²) in [4.78, 5) is 0. The number of rotatable bonds is 18. The van der Waals surface area contributed by atoms with Gasteiger partial charge in [0.25, 0.3) is 0 Å². The zero-order valence-electron chi connectivity index (χ0n) is 43.3. The summed E-state index contributed by atoms with van der Waals surface area (Å²) in [5.74, 6) is 0. The van der Waals surface area contributed by atoms with Crippen molar-refractivity contribution in [2.75, 3.05) is 0 Å². The number of allylic oxidation sites excluding steroid dienone is 4. The Balaban J connectivity index is 0.00000261. The van der Waals surface area contributed by atoms with Crippen LogP contribution in [0.4, 0.5) is 0 Å². The minimum atomic E-state index is -3.34. The van der Waals surface area contributed by atoms with Gasteiger partial charge in [0.05, 0.1) is 0 Å². The Hall–Kier alpha value is -6.52. The van der Waals surface area contributed by atoms with E-state index in [9.17, 15) is 0 Å². The third-order valence-corrected chi connectivity index (χ3v) is 20.4. The normalized spacial score (nSPS) is 12.0. The molecule has 1 aliphatic rings. The monoisotopic (exact) mass is 1110 g/mol. The van der Waals surface area contributed by atoms with Gasteiger partial charge in [-0.15, -0.1) is 0 Å². The van der Waals surface area contributed by atoms with E-state index < -0.39 is 8.07 Å². The Bertz CT molecular complexity index is 3040. The molecule has 0 amide bonds. The topological polar surface area (TPSA) is 0 Å². The van der Waals surface area contributed by atoms with E-state index in [1.807, 2.05) is 0 Å². The standard InChI is InChI=1S/C72H61Si.3ClH.Ti/c1-8-23-55(24-9-1)39-62-45-63(40-56-25-10-2-11-26-56)50-69(49-62)73(72-38-22-37-68(72)48-61-35-20-7-21-36-61,70-51-64(41-57-27-12-3-13-28-57)46-65(52-70)42-58-29-14-4-15-30-58)71-53-66(43-59-31-16-5-17-32-59)47-67(54-71)44-60-33-18-6-19-34-60;;;;/h1-21,23-36,38,45-47,49-54H,22,39-44,48H2;3*1H;/q;;;;+3/p-3. The first-order valence-electron chi connectivity index (χ1n) is 26.3. The van der Waals surface area contributed by atoms with Crippen LogP contribution >= 0.6 is 0 Å². The molecule has 10 aromatic rings. The van der Waals surface area contributed by atoms with Gasteiger partial charge in [-0.3, -0.25) is 0 Å². The molecule has 1 aliphatic carbocycles. The molecule has 0 saturated carbocycles. The summed E-state index contributed by atoms with van der Waals surface area (Å²) >= 11 is 2.41. The first-order chi connectivity index (χ1) is 36.5. The molecule has 10 aromatic carbocycles. The number of hydrogen-bond donors (Lipinski definition) is 0. The Morgan fingerprint density at radius 3 is 0.688 bits per heavy atom. The summed E-state index contributed by atoms with van der Waals surface area (Å²) in [5, 5.41) is 5.89. The van der Waals surface area contributed by atoms with Crippen molar-refractivity contribution >= 4 is 23.6 Å². The summed E-state index contributed by atoms with van der Waals surface area (Å²) in [6, 6.07) is 101. The summed E-state index contributed by atoms with van der Waals surface area (Å²) in [5.41, 5.74) is 19.0. The molecule has 0 N–H and O–H groups in total. The molecule has 0 heterocycles. The zero-order valence-corrected chi connectivity index (χ0v) is 48.1. The van der Waals surface area contributed by atoms with E-state index >= 15 is 0 Å². The van der Waals surface area contributed by atoms with Crippen molar-refractivity contribution in [3.05, 3.63) is 360 Å². The van der Waals surface area contributed by atoms with Crippen LogP contribution in [0.3, 0.4) is 0 Å². The van der Waals surface area contributed by atoms with Crippen LogP contribution in [0, 0.1) is 0 Å². The van der Waals surface area contributed by atoms with E-state index in [4.69, 9.17) is 0 Å². The average Bonchev–Trinajstić information content (AvgIpc) is 3.89. The van der Waals surface area contributed by atoms with Crippen LogP contribution in [0.1, 0.15) is 78.7 Å². The van der Waals surface area contributed by atoms with Crippen LogP contribution in [0.25, 0.3) is 0 Å². The van der Waals surface area contributed by atoms with Crippen molar-refractivity contribution < 1.29 is 57.7 Å². The van der Waals surface area contributed by atoms with Crippen molar-refractivity contribution in [1.29, 1.82) is 0 Å². The van der Waals surface area contributed by atoms with Gasteiger partial charge in [-0.1, -0.05) is 0 Å². The molecule has 0 bridgehead atoms. The van der Waals surface area contributed by atoms with E-state index in [2.05, 4.69) is 293 Å². The molecule has 0 atom stereocenters. The van der Waals surface area contributed by atoms with E-state index in [0.717, 1.165) is 51.4 Å². The maximum atomic E-state index is 2.68. The second kappa shape index (κ2) is 27.2. The van der Waals surface area contributed by atoms with Gasteiger partial charge in [0, 0.05) is 0 Å². The predicted molar refractivity (Wildman–Crippen MR) is 309 cm³/mol. The quantitative estimate of drug-likeness (QED) is 0.0774. The zero-order chi connectivity index (χ0) is 49.9. The molecule has 0 aliphatic heterocycles. The summed E-state index contributed by atoms with van der Waals surface area (Å²) in [6.45, 7) is 0. The molecule has 77 heavy (non-hydrogen) atoms. The molecule has 0 saturated heterocycles. The molecule has 11 rings (SSSR count). The summed E-state index contributed by atoms with van der Waals surface area (Å²) < 4.78 is 1.47. The first kappa shape index (κ1) is 56.7. The van der Waals surface area contributed by atoms with Crippen molar-refractivity contribution in [1.82, 2.24) is 0 Å². The van der Waals surface area contributed by atoms with Gasteiger partial charge in [-0.05, 0) is 0 Å². The third kappa shape index (κ3) is 14.0. The Labute approximate surface area is 488 Å². The number of benzene rings is 10. The van der Waals surface area contributed by atoms with Crippen molar-refractivity contribution in [3.63, 3.8) is 0 Å². The van der Waals surface area contributed by atoms with E-state index in [0.29, 0.717) is 0 Å². The second-order valence-electron chi connectivity index (χ2n) is 20.3. The fourth-order valence-electron chi connectivity index (χ4n) is 11.5. The summed E-state index contributed by atoms with van der Waals surface area (Å²) in [7, 11) is -3.34. The number of hydrogen-bond acceptors (Lipinski definition) is 0. The van der Waals surface area contributed by atoms with E-state index in [-0.39, 0.29) is 37.2 Å². The fraction of sp³-hybridized carbons (Fsp3) is 0.111. The van der Waals surface area contributed by atoms with Crippen LogP contribution in [0.5, 0.6) is 0 Å². The van der Waals surface area contributed by atoms with Crippen molar-refractivity contribution in [2.24, 2.45) is 0 Å². The average molecular weight is 1110 g/mol. The molecule has 5 heteroatoms. The fourth-order valence-corrected chi connectivity index (χ4v) is 17.6.